The molecule has 1 N–H and O–H groups in total. The molecule has 0 fully saturated rings. The van der Waals surface area contributed by atoms with Gasteiger partial charge in [0.15, 0.2) is 15.5 Å². The molecule has 100 valence electrons. The molecule has 0 spiro atoms. The zero-order valence-electron chi connectivity index (χ0n) is 9.39. The Bertz CT molecular complexity index is 805. The van der Waals surface area contributed by atoms with Crippen molar-refractivity contribution in [1.29, 1.82) is 0 Å². The molecule has 9 heteroatoms. The molecule has 2 aromatic rings. The molecule has 0 saturated heterocycles. The lowest BCUT2D eigenvalue weighted by Gasteiger charge is -2.07. The summed E-state index contributed by atoms with van der Waals surface area (Å²) < 4.78 is 50.0. The molecule has 0 unspecified atom stereocenters. The van der Waals surface area contributed by atoms with Gasteiger partial charge < -0.3 is 5.11 Å². The Morgan fingerprint density at radius 2 is 1.89 bits per heavy atom. The van der Waals surface area contributed by atoms with Crippen molar-refractivity contribution in [2.75, 3.05) is 6.26 Å². The molecule has 0 aliphatic carbocycles. The summed E-state index contributed by atoms with van der Waals surface area (Å²) in [5.74, 6) is -3.85. The molecule has 19 heavy (non-hydrogen) atoms. The first-order valence-corrected chi connectivity index (χ1v) is 6.69. The maximum Gasteiger partial charge on any atom is 0.357 e. The molecule has 2 rings (SSSR count). The van der Waals surface area contributed by atoms with Crippen LogP contribution in [-0.2, 0) is 9.84 Å². The van der Waals surface area contributed by atoms with Crippen LogP contribution in [0.2, 0.25) is 0 Å². The second-order valence-corrected chi connectivity index (χ2v) is 5.69. The van der Waals surface area contributed by atoms with E-state index in [1.165, 1.54) is 0 Å². The fraction of sp³-hybridized carbons (Fsp3) is 0.100. The number of aromatic nitrogens is 2. The minimum absolute atomic E-state index is 0.372. The lowest BCUT2D eigenvalue weighted by atomic mass is 10.2. The number of carbonyl (C=O) groups is 1. The number of nitrogens with zero attached hydrogens (tertiary/aromatic N) is 2. The predicted octanol–water partition coefficient (Wildman–Crippen LogP) is 1.01. The normalized spacial score (nSPS) is 11.7. The van der Waals surface area contributed by atoms with E-state index in [0.717, 1.165) is 6.07 Å². The minimum Gasteiger partial charge on any atom is -0.476 e. The zero-order chi connectivity index (χ0) is 14.4. The fourth-order valence-corrected chi connectivity index (χ4v) is 2.68. The second kappa shape index (κ2) is 4.19. The van der Waals surface area contributed by atoms with E-state index in [2.05, 4.69) is 10.2 Å². The third-order valence-electron chi connectivity index (χ3n) is 2.31. The van der Waals surface area contributed by atoms with Gasteiger partial charge >= 0.3 is 5.97 Å². The van der Waals surface area contributed by atoms with Crippen LogP contribution in [-0.4, -0.2) is 35.9 Å². The van der Waals surface area contributed by atoms with Crippen molar-refractivity contribution in [2.45, 2.75) is 4.90 Å². The van der Waals surface area contributed by atoms with Crippen molar-refractivity contribution < 1.29 is 27.1 Å². The van der Waals surface area contributed by atoms with Crippen LogP contribution in [0.4, 0.5) is 8.78 Å². The molecule has 0 saturated carbocycles. The Morgan fingerprint density at radius 3 is 2.42 bits per heavy atom. The van der Waals surface area contributed by atoms with Crippen molar-refractivity contribution in [3.8, 4) is 0 Å². The summed E-state index contributed by atoms with van der Waals surface area (Å²) in [6.07, 6.45) is 0.707. The van der Waals surface area contributed by atoms with Gasteiger partial charge in [0.05, 0.1) is 5.39 Å². The molecule has 6 nitrogen and oxygen atoms in total. The fourth-order valence-electron chi connectivity index (χ4n) is 1.63. The number of benzene rings is 1. The average molecular weight is 288 g/mol. The van der Waals surface area contributed by atoms with Crippen LogP contribution in [0.25, 0.3) is 10.9 Å². The Hall–Kier alpha value is -2.16. The van der Waals surface area contributed by atoms with Crippen molar-refractivity contribution in [3.63, 3.8) is 0 Å². The third kappa shape index (κ3) is 2.24. The number of hydrogen-bond acceptors (Lipinski definition) is 5. The number of carboxylic acid groups (broad SMARTS) is 1. The molecule has 0 bridgehead atoms. The Morgan fingerprint density at radius 1 is 1.26 bits per heavy atom. The first kappa shape index (κ1) is 13.3. The van der Waals surface area contributed by atoms with Crippen molar-refractivity contribution >= 4 is 26.7 Å². The highest BCUT2D eigenvalue weighted by atomic mass is 32.2. The summed E-state index contributed by atoms with van der Waals surface area (Å²) in [5, 5.41) is 14.8. The lowest BCUT2D eigenvalue weighted by molar-refractivity contribution is 0.0685. The van der Waals surface area contributed by atoms with Crippen LogP contribution < -0.4 is 0 Å². The number of sulfone groups is 1. The number of carboxylic acids is 1. The molecule has 1 aromatic carbocycles. The predicted molar refractivity (Wildman–Crippen MR) is 59.5 cm³/mol. The maximum absolute atomic E-state index is 13.7. The smallest absolute Gasteiger partial charge is 0.357 e. The Balaban J connectivity index is 3.09. The van der Waals surface area contributed by atoms with Gasteiger partial charge in [-0.25, -0.2) is 22.0 Å². The first-order valence-electron chi connectivity index (χ1n) is 4.80. The quantitative estimate of drug-likeness (QED) is 0.885. The van der Waals surface area contributed by atoms with E-state index in [9.17, 15) is 22.0 Å². The summed E-state index contributed by atoms with van der Waals surface area (Å²) in [6.45, 7) is 0. The number of rotatable bonds is 2. The third-order valence-corrected chi connectivity index (χ3v) is 3.45. The van der Waals surface area contributed by atoms with Crippen molar-refractivity contribution in [3.05, 3.63) is 29.5 Å². The van der Waals surface area contributed by atoms with Crippen molar-refractivity contribution in [1.82, 2.24) is 10.2 Å². The summed E-state index contributed by atoms with van der Waals surface area (Å²) in [6, 6.07) is 1.22. The van der Waals surface area contributed by atoms with E-state index >= 15 is 0 Å². The van der Waals surface area contributed by atoms with Gasteiger partial charge in [-0.15, -0.1) is 10.2 Å². The van der Waals surface area contributed by atoms with E-state index in [-0.39, 0.29) is 5.52 Å². The van der Waals surface area contributed by atoms with Crippen LogP contribution in [0.3, 0.4) is 0 Å². The highest BCUT2D eigenvalue weighted by Gasteiger charge is 2.26. The van der Waals surface area contributed by atoms with Crippen LogP contribution in [0.1, 0.15) is 10.5 Å². The lowest BCUT2D eigenvalue weighted by Crippen LogP contribution is -2.13. The van der Waals surface area contributed by atoms with Gasteiger partial charge in [-0.2, -0.15) is 0 Å². The summed E-state index contributed by atoms with van der Waals surface area (Å²) >= 11 is 0. The summed E-state index contributed by atoms with van der Waals surface area (Å²) in [4.78, 5) is 10.1. The molecule has 1 heterocycles. The first-order chi connectivity index (χ1) is 8.71. The van der Waals surface area contributed by atoms with Crippen LogP contribution >= 0.6 is 0 Å². The monoisotopic (exact) mass is 288 g/mol. The Labute approximate surface area is 105 Å². The Kier molecular flexibility index (Phi) is 2.93. The molecular weight excluding hydrogens is 282 g/mol. The van der Waals surface area contributed by atoms with Crippen molar-refractivity contribution in [2.24, 2.45) is 0 Å². The standard InChI is InChI=1S/C10H6F2N2O4S/c1-19(17,18)9-7-5(12)2-4(11)3-6(7)13-14-8(9)10(15)16/h2-3H,1H3,(H,15,16). The largest absolute Gasteiger partial charge is 0.476 e. The van der Waals surface area contributed by atoms with E-state index in [4.69, 9.17) is 5.11 Å². The molecule has 0 amide bonds. The van der Waals surface area contributed by atoms with Gasteiger partial charge in [0.1, 0.15) is 22.0 Å². The number of halogens is 2. The van der Waals surface area contributed by atoms with E-state index < -0.39 is 43.4 Å². The maximum atomic E-state index is 13.7. The molecule has 0 aliphatic heterocycles. The SMILES string of the molecule is CS(=O)(=O)c1c(C(=O)O)nnc2cc(F)cc(F)c12. The minimum atomic E-state index is -4.09. The van der Waals surface area contributed by atoms with Gasteiger partial charge in [0.2, 0.25) is 0 Å². The van der Waals surface area contributed by atoms with E-state index in [0.29, 0.717) is 12.3 Å². The highest BCUT2D eigenvalue weighted by Crippen LogP contribution is 2.27. The van der Waals surface area contributed by atoms with Gasteiger partial charge in [-0.1, -0.05) is 0 Å². The highest BCUT2D eigenvalue weighted by molar-refractivity contribution is 7.91. The van der Waals surface area contributed by atoms with Crippen LogP contribution in [0.5, 0.6) is 0 Å². The van der Waals surface area contributed by atoms with E-state index in [1.54, 1.807) is 0 Å². The zero-order valence-corrected chi connectivity index (χ0v) is 10.2. The van der Waals surface area contributed by atoms with Gasteiger partial charge in [-0.05, 0) is 0 Å². The van der Waals surface area contributed by atoms with Crippen LogP contribution in [0.15, 0.2) is 17.0 Å². The second-order valence-electron chi connectivity index (χ2n) is 3.74. The molecule has 0 radical (unpaired) electrons. The number of hydrogen-bond donors (Lipinski definition) is 1. The van der Waals surface area contributed by atoms with Gasteiger partial charge in [0.25, 0.3) is 0 Å². The number of fused-ring (bicyclic) bond motifs is 1. The molecule has 1 aromatic heterocycles. The summed E-state index contributed by atoms with van der Waals surface area (Å²) in [5.41, 5.74) is -1.27. The van der Waals surface area contributed by atoms with Gasteiger partial charge in [0, 0.05) is 18.4 Å². The van der Waals surface area contributed by atoms with E-state index in [1.807, 2.05) is 0 Å². The molecule has 0 atom stereocenters. The number of aromatic carboxylic acids is 1. The van der Waals surface area contributed by atoms with Crippen LogP contribution in [0, 0.1) is 11.6 Å². The molecular formula is C10H6F2N2O4S. The summed E-state index contributed by atoms with van der Waals surface area (Å²) in [7, 11) is -4.09. The van der Waals surface area contributed by atoms with Gasteiger partial charge in [-0.3, -0.25) is 0 Å². The average Bonchev–Trinajstić information content (AvgIpc) is 2.25. The molecule has 0 aliphatic rings. The topological polar surface area (TPSA) is 97.2 Å².